The Labute approximate surface area is 140 Å². The number of aromatic nitrogens is 3. The van der Waals surface area contributed by atoms with Crippen LogP contribution in [-0.4, -0.2) is 28.0 Å². The van der Waals surface area contributed by atoms with Crippen molar-refractivity contribution in [2.24, 2.45) is 0 Å². The van der Waals surface area contributed by atoms with Crippen molar-refractivity contribution in [3.8, 4) is 11.1 Å². The molecule has 0 atom stereocenters. The van der Waals surface area contributed by atoms with Gasteiger partial charge in [-0.3, -0.25) is 14.2 Å². The predicted molar refractivity (Wildman–Crippen MR) is 93.3 cm³/mol. The molecule has 0 aliphatic heterocycles. The second-order valence-corrected chi connectivity index (χ2v) is 4.37. The molecule has 0 aromatic carbocycles. The molecule has 0 fully saturated rings. The van der Waals surface area contributed by atoms with Crippen molar-refractivity contribution in [1.82, 2.24) is 14.4 Å². The first kappa shape index (κ1) is 19.2. The van der Waals surface area contributed by atoms with E-state index < -0.39 is 0 Å². The summed E-state index contributed by atoms with van der Waals surface area (Å²) in [5.41, 5.74) is 2.80. The van der Waals surface area contributed by atoms with Crippen LogP contribution in [0.25, 0.3) is 16.8 Å². The number of rotatable bonds is 3. The topological polar surface area (TPSA) is 59.3 Å². The molecule has 0 unspecified atom stereocenters. The lowest BCUT2D eigenvalue weighted by Gasteiger charge is -2.06. The van der Waals surface area contributed by atoms with Gasteiger partial charge in [0.05, 0.1) is 19.6 Å². The number of halogens is 2. The lowest BCUT2D eigenvalue weighted by atomic mass is 10.0. The summed E-state index contributed by atoms with van der Waals surface area (Å²) in [6.45, 7) is 5.71. The van der Waals surface area contributed by atoms with Gasteiger partial charge < -0.3 is 9.72 Å². The number of carbonyl (C=O) groups is 1. The number of nitrogens with zero attached hydrogens (tertiary/aromatic N) is 3. The highest BCUT2D eigenvalue weighted by atomic mass is 19.1. The van der Waals surface area contributed by atoms with Gasteiger partial charge in [-0.05, 0) is 24.6 Å². The molecule has 0 aliphatic carbocycles. The molecule has 24 heavy (non-hydrogen) atoms. The predicted octanol–water partition coefficient (Wildman–Crippen LogP) is 4.27. The number of pyridine rings is 2. The average Bonchev–Trinajstić information content (AvgIpc) is 3.03. The molecule has 1 amide bonds. The number of nitrogens with one attached hydrogen (secondary N) is 1. The summed E-state index contributed by atoms with van der Waals surface area (Å²) in [5.74, 6) is 0.128. The Kier molecular flexibility index (Phi) is 7.48. The minimum absolute atomic E-state index is 0. The van der Waals surface area contributed by atoms with Crippen LogP contribution in [0.2, 0.25) is 0 Å². The average molecular weight is 336 g/mol. The van der Waals surface area contributed by atoms with E-state index in [4.69, 9.17) is 0 Å². The number of anilines is 1. The highest BCUT2D eigenvalue weighted by Crippen LogP contribution is 2.24. The molecular formula is C17H22F2N4O. The van der Waals surface area contributed by atoms with Crippen molar-refractivity contribution in [3.05, 3.63) is 48.3 Å². The van der Waals surface area contributed by atoms with Crippen LogP contribution in [0, 0.1) is 12.7 Å². The minimum atomic E-state index is -0.337. The molecule has 3 aromatic rings. The molecule has 0 bridgehead atoms. The third kappa shape index (κ3) is 4.13. The molecule has 0 aliphatic rings. The van der Waals surface area contributed by atoms with Gasteiger partial charge in [-0.2, -0.15) is 0 Å². The summed E-state index contributed by atoms with van der Waals surface area (Å²) >= 11 is 0. The molecule has 0 radical (unpaired) electrons. The molecular weight excluding hydrogens is 314 g/mol. The lowest BCUT2D eigenvalue weighted by Crippen LogP contribution is -1.92. The fourth-order valence-corrected chi connectivity index (χ4v) is 2.07. The fraction of sp³-hybridized carbons (Fsp3) is 0.235. The first-order chi connectivity index (χ1) is 11.7. The summed E-state index contributed by atoms with van der Waals surface area (Å²) < 4.78 is 24.8. The van der Waals surface area contributed by atoms with Gasteiger partial charge in [-0.25, -0.2) is 9.37 Å². The zero-order valence-corrected chi connectivity index (χ0v) is 14.0. The van der Waals surface area contributed by atoms with E-state index in [1.807, 2.05) is 26.1 Å². The first-order valence-electron chi connectivity index (χ1n) is 7.36. The van der Waals surface area contributed by atoms with E-state index in [0.29, 0.717) is 30.6 Å². The summed E-state index contributed by atoms with van der Waals surface area (Å²) in [6.07, 6.45) is 6.90. The van der Waals surface area contributed by atoms with Gasteiger partial charge in [-0.15, -0.1) is 0 Å². The Morgan fingerprint density at radius 3 is 2.58 bits per heavy atom. The Hall–Kier alpha value is -2.83. The molecule has 0 saturated carbocycles. The van der Waals surface area contributed by atoms with Crippen LogP contribution in [0.15, 0.2) is 36.9 Å². The summed E-state index contributed by atoms with van der Waals surface area (Å²) in [6, 6.07) is 3.64. The summed E-state index contributed by atoms with van der Waals surface area (Å²) in [7, 11) is 0.500. The van der Waals surface area contributed by atoms with Gasteiger partial charge in [0.15, 0.2) is 5.82 Å². The maximum atomic E-state index is 13.6. The van der Waals surface area contributed by atoms with E-state index in [9.17, 15) is 13.6 Å². The zero-order chi connectivity index (χ0) is 18.1. The Bertz CT molecular complexity index is 808. The number of fused-ring (bicyclic) bond motifs is 1. The molecule has 3 rings (SSSR count). The highest BCUT2D eigenvalue weighted by Gasteiger charge is 2.08. The minimum Gasteiger partial charge on any atom is -0.312 e. The van der Waals surface area contributed by atoms with E-state index in [1.165, 1.54) is 6.20 Å². The molecule has 0 spiro atoms. The summed E-state index contributed by atoms with van der Waals surface area (Å²) in [4.78, 5) is 18.5. The third-order valence-corrected chi connectivity index (χ3v) is 3.12. The van der Waals surface area contributed by atoms with Gasteiger partial charge in [0.25, 0.3) is 0 Å². The normalized spacial score (nSPS) is 9.42. The van der Waals surface area contributed by atoms with Crippen molar-refractivity contribution in [2.75, 3.05) is 12.5 Å². The highest BCUT2D eigenvalue weighted by molar-refractivity contribution is 5.71. The maximum Gasteiger partial charge on any atom is 0.212 e. The lowest BCUT2D eigenvalue weighted by molar-refractivity contribution is -0.105. The van der Waals surface area contributed by atoms with E-state index in [2.05, 4.69) is 15.3 Å². The van der Waals surface area contributed by atoms with Crippen LogP contribution in [0.5, 0.6) is 0 Å². The van der Waals surface area contributed by atoms with Crippen LogP contribution >= 0.6 is 0 Å². The van der Waals surface area contributed by atoms with Gasteiger partial charge in [0.1, 0.15) is 11.5 Å². The Morgan fingerprint density at radius 2 is 1.92 bits per heavy atom. The molecule has 3 heterocycles. The van der Waals surface area contributed by atoms with E-state index >= 15 is 0 Å². The quantitative estimate of drug-likeness (QED) is 0.727. The monoisotopic (exact) mass is 336 g/mol. The molecule has 1 N–H and O–H groups in total. The standard InChI is InChI=1S/C14H11FN4O.C2H6.CH3F.H2/c1-9-11(4-16-5-12(9)15)10-2-3-14-18-13(17-8-20)7-19(14)6-10;2*1-2;/h2-8H,1H3,(H,17,20);1-2H3;1H3;1H. The van der Waals surface area contributed by atoms with Crippen LogP contribution in [0.1, 0.15) is 20.8 Å². The number of amides is 1. The van der Waals surface area contributed by atoms with Crippen molar-refractivity contribution in [3.63, 3.8) is 0 Å². The van der Waals surface area contributed by atoms with E-state index in [1.54, 1.807) is 29.8 Å². The van der Waals surface area contributed by atoms with Crippen molar-refractivity contribution >= 4 is 17.9 Å². The van der Waals surface area contributed by atoms with Gasteiger partial charge in [-0.1, -0.05) is 13.8 Å². The second-order valence-electron chi connectivity index (χ2n) is 4.37. The number of imidazole rings is 1. The molecule has 5 nitrogen and oxygen atoms in total. The SMILES string of the molecule is CC.CF.Cc1c(F)cncc1-c1ccc2nc(NC=O)cn2c1.[HH]. The van der Waals surface area contributed by atoms with Crippen LogP contribution in [0.3, 0.4) is 0 Å². The summed E-state index contributed by atoms with van der Waals surface area (Å²) in [5, 5.41) is 2.49. The van der Waals surface area contributed by atoms with E-state index in [0.717, 1.165) is 11.1 Å². The van der Waals surface area contributed by atoms with Crippen molar-refractivity contribution in [2.45, 2.75) is 20.8 Å². The van der Waals surface area contributed by atoms with Crippen molar-refractivity contribution < 1.29 is 15.0 Å². The van der Waals surface area contributed by atoms with E-state index in [-0.39, 0.29) is 7.24 Å². The fourth-order valence-electron chi connectivity index (χ4n) is 2.07. The molecule has 3 aromatic heterocycles. The largest absolute Gasteiger partial charge is 0.312 e. The third-order valence-electron chi connectivity index (χ3n) is 3.12. The van der Waals surface area contributed by atoms with Gasteiger partial charge in [0, 0.05) is 24.9 Å². The number of alkyl halides is 1. The molecule has 0 saturated heterocycles. The number of hydrogen-bond acceptors (Lipinski definition) is 3. The molecule has 7 heteroatoms. The van der Waals surface area contributed by atoms with Crippen LogP contribution in [0.4, 0.5) is 14.6 Å². The van der Waals surface area contributed by atoms with Gasteiger partial charge in [0.2, 0.25) is 6.41 Å². The van der Waals surface area contributed by atoms with Crippen LogP contribution < -0.4 is 5.32 Å². The smallest absolute Gasteiger partial charge is 0.212 e. The van der Waals surface area contributed by atoms with Gasteiger partial charge >= 0.3 is 0 Å². The maximum absolute atomic E-state index is 13.6. The number of hydrogen-bond donors (Lipinski definition) is 1. The Morgan fingerprint density at radius 1 is 1.21 bits per heavy atom. The number of carbonyl (C=O) groups excluding carboxylic acids is 1. The zero-order valence-electron chi connectivity index (χ0n) is 14.0. The van der Waals surface area contributed by atoms with Crippen molar-refractivity contribution in [1.29, 1.82) is 0 Å². The van der Waals surface area contributed by atoms with Crippen LogP contribution in [-0.2, 0) is 4.79 Å². The molecule has 130 valence electrons. The Balaban J connectivity index is 0.00000108. The second kappa shape index (κ2) is 9.34. The first-order valence-corrected chi connectivity index (χ1v) is 7.36.